The minimum Gasteiger partial charge on any atom is -0.466 e. The number of hydrogen-bond acceptors (Lipinski definition) is 9. The lowest BCUT2D eigenvalue weighted by Crippen LogP contribution is -2.41. The second-order valence-electron chi connectivity index (χ2n) is 20.0. The van der Waals surface area contributed by atoms with Crippen LogP contribution in [0.25, 0.3) is 0 Å². The van der Waals surface area contributed by atoms with E-state index in [4.69, 9.17) is 9.47 Å². The molecule has 0 aromatic carbocycles. The summed E-state index contributed by atoms with van der Waals surface area (Å²) in [5.41, 5.74) is 0.0614. The van der Waals surface area contributed by atoms with Gasteiger partial charge in [-0.3, -0.25) is 9.59 Å². The molecule has 0 aliphatic carbocycles. The van der Waals surface area contributed by atoms with Gasteiger partial charge in [0.05, 0.1) is 22.4 Å². The quantitative estimate of drug-likeness (QED) is 0.0337. The first-order valence-corrected chi connectivity index (χ1v) is 33.1. The lowest BCUT2D eigenvalue weighted by atomic mass is 9.73. The zero-order valence-electron chi connectivity index (χ0n) is 44.6. The van der Waals surface area contributed by atoms with Crippen molar-refractivity contribution in [2.75, 3.05) is 55.9 Å². The third-order valence-electron chi connectivity index (χ3n) is 13.9. The maximum Gasteiger partial charge on any atom is 0.305 e. The molecular weight excluding hydrogens is 891 g/mol. The summed E-state index contributed by atoms with van der Waals surface area (Å²) in [6.45, 7) is 15.7. The summed E-state index contributed by atoms with van der Waals surface area (Å²) in [6, 6.07) is 0. The number of nitrogens with zero attached hydrogens (tertiary/aromatic N) is 1. The number of likely N-dealkylation sites (tertiary alicyclic amines) is 1. The smallest absolute Gasteiger partial charge is 0.305 e. The summed E-state index contributed by atoms with van der Waals surface area (Å²) in [7, 11) is 0. The third kappa shape index (κ3) is 40.0. The highest BCUT2D eigenvalue weighted by Gasteiger charge is 2.35. The lowest BCUT2D eigenvalue weighted by Gasteiger charge is -2.42. The van der Waals surface area contributed by atoms with Crippen LogP contribution >= 0.6 is 47.0 Å². The molecular formula is C57H111NO4S4. The topological polar surface area (TPSA) is 55.8 Å². The zero-order valence-corrected chi connectivity index (χ0v) is 47.9. The highest BCUT2D eigenvalue weighted by Crippen LogP contribution is 2.39. The molecule has 1 aliphatic heterocycles. The van der Waals surface area contributed by atoms with Gasteiger partial charge >= 0.3 is 11.9 Å². The number of esters is 2. The third-order valence-corrected chi connectivity index (χ3v) is 20.1. The molecule has 0 saturated carbocycles. The van der Waals surface area contributed by atoms with Crippen molar-refractivity contribution < 1.29 is 19.1 Å². The predicted molar refractivity (Wildman–Crippen MR) is 302 cm³/mol. The molecule has 0 unspecified atom stereocenters. The van der Waals surface area contributed by atoms with Gasteiger partial charge in [-0.15, -0.1) is 47.0 Å². The number of thioether (sulfide) groups is 4. The number of hydrogen-bond donors (Lipinski definition) is 0. The van der Waals surface area contributed by atoms with Gasteiger partial charge in [-0.2, -0.15) is 0 Å². The Kier molecular flexibility index (Phi) is 47.7. The summed E-state index contributed by atoms with van der Waals surface area (Å²) in [5.74, 6) is 4.76. The Morgan fingerprint density at radius 2 is 0.712 bits per heavy atom. The normalized spacial score (nSPS) is 14.2. The van der Waals surface area contributed by atoms with Crippen molar-refractivity contribution in [3.8, 4) is 0 Å². The Bertz CT molecular complexity index is 936. The second kappa shape index (κ2) is 48.9. The molecule has 5 nitrogen and oxygen atoms in total. The van der Waals surface area contributed by atoms with Gasteiger partial charge in [-0.05, 0) is 119 Å². The molecule has 0 aromatic heterocycles. The van der Waals surface area contributed by atoms with Crippen molar-refractivity contribution in [2.45, 2.75) is 288 Å². The van der Waals surface area contributed by atoms with Gasteiger partial charge in [0, 0.05) is 12.8 Å². The van der Waals surface area contributed by atoms with Crippen molar-refractivity contribution >= 4 is 59.0 Å². The minimum absolute atomic E-state index is 0.0285. The monoisotopic (exact) mass is 1000 g/mol. The molecule has 0 radical (unpaired) electrons. The van der Waals surface area contributed by atoms with Gasteiger partial charge < -0.3 is 14.4 Å². The molecule has 1 rings (SSSR count). The van der Waals surface area contributed by atoms with Gasteiger partial charge in [0.1, 0.15) is 0 Å². The number of ether oxygens (including phenoxy) is 2. The second-order valence-corrected chi connectivity index (χ2v) is 25.9. The first-order valence-electron chi connectivity index (χ1n) is 28.9. The van der Waals surface area contributed by atoms with E-state index in [2.05, 4.69) is 86.6 Å². The van der Waals surface area contributed by atoms with Crippen LogP contribution in [0.4, 0.5) is 0 Å². The Balaban J connectivity index is 2.66. The van der Waals surface area contributed by atoms with E-state index >= 15 is 0 Å². The predicted octanol–water partition coefficient (Wildman–Crippen LogP) is 18.9. The lowest BCUT2D eigenvalue weighted by molar-refractivity contribution is -0.145. The largest absolute Gasteiger partial charge is 0.466 e. The maximum atomic E-state index is 13.3. The van der Waals surface area contributed by atoms with Crippen LogP contribution < -0.4 is 0 Å². The number of piperidine rings is 1. The molecule has 0 bridgehead atoms. The van der Waals surface area contributed by atoms with Gasteiger partial charge in [0.15, 0.2) is 0 Å². The van der Waals surface area contributed by atoms with Crippen LogP contribution in [0, 0.1) is 5.41 Å². The molecule has 9 heteroatoms. The molecule has 0 atom stereocenters. The van der Waals surface area contributed by atoms with Gasteiger partial charge in [-0.25, -0.2) is 0 Å². The Morgan fingerprint density at radius 1 is 0.424 bits per heavy atom. The number of carbonyl (C=O) groups excluding carboxylic acids is 2. The van der Waals surface area contributed by atoms with Crippen LogP contribution in [0.5, 0.6) is 0 Å². The van der Waals surface area contributed by atoms with Gasteiger partial charge in [-0.1, -0.05) is 195 Å². The molecule has 392 valence electrons. The molecule has 1 fully saturated rings. The van der Waals surface area contributed by atoms with E-state index in [0.717, 1.165) is 51.6 Å². The summed E-state index contributed by atoms with van der Waals surface area (Å²) >= 11 is 8.39. The SMILES string of the molecule is CCCCCCCCCSC(CCC(=O)OCCC1(CCOC(=O)CCC(SCCCCCCCCC)SCCCCCCCCC)CCN(CCCC)CC1)SCCCCCCCCC. The molecule has 0 spiro atoms. The van der Waals surface area contributed by atoms with Crippen molar-refractivity contribution in [3.05, 3.63) is 0 Å². The Labute approximate surface area is 429 Å². The molecule has 0 aromatic rings. The molecule has 1 aliphatic rings. The Morgan fingerprint density at radius 3 is 1.02 bits per heavy atom. The van der Waals surface area contributed by atoms with E-state index in [-0.39, 0.29) is 17.4 Å². The van der Waals surface area contributed by atoms with Crippen LogP contribution in [0.1, 0.15) is 279 Å². The number of carbonyl (C=O) groups is 2. The average molecular weight is 1000 g/mol. The fourth-order valence-corrected chi connectivity index (χ4v) is 14.8. The van der Waals surface area contributed by atoms with E-state index in [1.807, 2.05) is 0 Å². The standard InChI is InChI=1S/C57H111NO4S4/c1-6-11-16-20-24-28-32-49-63-55(64-50-33-29-25-21-17-12-7-2)38-36-53(59)61-47-42-57(40-45-58(46-41-57)44-15-10-5)43-48-62-54(60)37-39-56(65-51-34-30-26-22-18-13-8-3)66-52-35-31-27-23-19-14-9-4/h55-56H,6-52H2,1-5H3. The van der Waals surface area contributed by atoms with Crippen molar-refractivity contribution in [3.63, 3.8) is 0 Å². The highest BCUT2D eigenvalue weighted by molar-refractivity contribution is 8.17. The minimum atomic E-state index is -0.0285. The number of unbranched alkanes of at least 4 members (excludes halogenated alkanes) is 25. The molecule has 1 saturated heterocycles. The van der Waals surface area contributed by atoms with Crippen LogP contribution in [-0.4, -0.2) is 81.9 Å². The Hall–Kier alpha value is 0.300. The average Bonchev–Trinajstić information content (AvgIpc) is 3.32. The van der Waals surface area contributed by atoms with Crippen molar-refractivity contribution in [1.29, 1.82) is 0 Å². The summed E-state index contributed by atoms with van der Waals surface area (Å²) in [4.78, 5) is 29.2. The molecule has 66 heavy (non-hydrogen) atoms. The van der Waals surface area contributed by atoms with Crippen LogP contribution in [-0.2, 0) is 19.1 Å². The molecule has 1 heterocycles. The number of rotatable bonds is 51. The maximum absolute atomic E-state index is 13.3. The summed E-state index contributed by atoms with van der Waals surface area (Å²) in [6.07, 6.45) is 46.9. The van der Waals surface area contributed by atoms with E-state index in [0.29, 0.717) is 35.2 Å². The summed E-state index contributed by atoms with van der Waals surface area (Å²) < 4.78 is 13.0. The van der Waals surface area contributed by atoms with Crippen LogP contribution in [0.2, 0.25) is 0 Å². The van der Waals surface area contributed by atoms with Gasteiger partial charge in [0.25, 0.3) is 0 Å². The van der Waals surface area contributed by atoms with E-state index in [1.54, 1.807) is 0 Å². The molecule has 0 amide bonds. The van der Waals surface area contributed by atoms with E-state index in [1.165, 1.54) is 222 Å². The summed E-state index contributed by atoms with van der Waals surface area (Å²) in [5, 5.41) is 0. The van der Waals surface area contributed by atoms with Crippen molar-refractivity contribution in [1.82, 2.24) is 4.90 Å². The van der Waals surface area contributed by atoms with Crippen LogP contribution in [0.15, 0.2) is 0 Å². The van der Waals surface area contributed by atoms with E-state index < -0.39 is 0 Å². The first kappa shape index (κ1) is 64.3. The van der Waals surface area contributed by atoms with Crippen LogP contribution in [0.3, 0.4) is 0 Å². The fraction of sp³-hybridized carbons (Fsp3) is 0.965. The highest BCUT2D eigenvalue weighted by atomic mass is 32.2. The molecule has 0 N–H and O–H groups in total. The van der Waals surface area contributed by atoms with Gasteiger partial charge in [0.2, 0.25) is 0 Å². The van der Waals surface area contributed by atoms with E-state index in [9.17, 15) is 9.59 Å². The first-order chi connectivity index (χ1) is 32.4. The fourth-order valence-electron chi connectivity index (χ4n) is 9.16. The zero-order chi connectivity index (χ0) is 47.9. The van der Waals surface area contributed by atoms with Crippen molar-refractivity contribution in [2.24, 2.45) is 5.41 Å².